The van der Waals surface area contributed by atoms with Gasteiger partial charge in [-0.1, -0.05) is 0 Å². The van der Waals surface area contributed by atoms with Crippen molar-refractivity contribution in [3.63, 3.8) is 0 Å². The summed E-state index contributed by atoms with van der Waals surface area (Å²) in [7, 11) is 0. The summed E-state index contributed by atoms with van der Waals surface area (Å²) in [5, 5.41) is 8.95. The molecule has 0 saturated carbocycles. The van der Waals surface area contributed by atoms with Crippen LogP contribution in [0.5, 0.6) is 0 Å². The number of hydrogen-bond acceptors (Lipinski definition) is 7. The third kappa shape index (κ3) is 2.80. The summed E-state index contributed by atoms with van der Waals surface area (Å²) >= 11 is 0. The highest BCUT2D eigenvalue weighted by Gasteiger charge is 2.41. The van der Waals surface area contributed by atoms with Crippen molar-refractivity contribution in [2.45, 2.75) is 24.7 Å². The number of nitrogens with zero attached hydrogens (tertiary/aromatic N) is 2. The molecule has 1 spiro atoms. The van der Waals surface area contributed by atoms with Crippen LogP contribution in [0.25, 0.3) is 0 Å². The van der Waals surface area contributed by atoms with Gasteiger partial charge in [0.25, 0.3) is 5.91 Å². The minimum absolute atomic E-state index is 0.164. The molecule has 0 radical (unpaired) electrons. The van der Waals surface area contributed by atoms with E-state index in [-0.39, 0.29) is 24.1 Å². The average molecular weight is 297 g/mol. The Hall–Kier alpha value is -1.48. The third-order valence-corrected chi connectivity index (χ3v) is 3.88. The van der Waals surface area contributed by atoms with Gasteiger partial charge in [0.15, 0.2) is 11.5 Å². The quantitative estimate of drug-likeness (QED) is 0.784. The van der Waals surface area contributed by atoms with Crippen LogP contribution in [0.15, 0.2) is 10.7 Å². The van der Waals surface area contributed by atoms with Crippen LogP contribution in [-0.4, -0.2) is 59.6 Å². The van der Waals surface area contributed by atoms with Crippen molar-refractivity contribution < 1.29 is 23.8 Å². The molecule has 8 heteroatoms. The van der Waals surface area contributed by atoms with Crippen molar-refractivity contribution in [2.75, 3.05) is 32.9 Å². The largest absolute Gasteiger partial charge is 0.446 e. The monoisotopic (exact) mass is 297 g/mol. The summed E-state index contributed by atoms with van der Waals surface area (Å²) in [6.07, 6.45) is 2.58. The zero-order valence-electron chi connectivity index (χ0n) is 11.7. The first kappa shape index (κ1) is 14.5. The van der Waals surface area contributed by atoms with Crippen molar-refractivity contribution >= 4 is 5.91 Å². The van der Waals surface area contributed by atoms with Gasteiger partial charge >= 0.3 is 0 Å². The van der Waals surface area contributed by atoms with Crippen LogP contribution < -0.4 is 5.73 Å². The lowest BCUT2D eigenvalue weighted by molar-refractivity contribution is -0.181. The minimum atomic E-state index is -0.712. The molecule has 3 N–H and O–H groups in total. The van der Waals surface area contributed by atoms with Gasteiger partial charge in [0.2, 0.25) is 5.89 Å². The second-order valence-corrected chi connectivity index (χ2v) is 5.26. The summed E-state index contributed by atoms with van der Waals surface area (Å²) in [6.45, 7) is 2.04. The van der Waals surface area contributed by atoms with Crippen LogP contribution in [0.4, 0.5) is 0 Å². The molecule has 0 aliphatic carbocycles. The lowest BCUT2D eigenvalue weighted by atomic mass is 10.0. The van der Waals surface area contributed by atoms with E-state index in [1.807, 2.05) is 0 Å². The molecule has 1 unspecified atom stereocenters. The molecule has 1 aromatic heterocycles. The molecule has 8 nitrogen and oxygen atoms in total. The van der Waals surface area contributed by atoms with E-state index in [1.165, 1.54) is 6.26 Å². The minimum Gasteiger partial charge on any atom is -0.446 e. The van der Waals surface area contributed by atoms with Crippen LogP contribution in [0.1, 0.15) is 35.3 Å². The molecule has 1 aromatic rings. The number of aliphatic hydroxyl groups excluding tert-OH is 1. The molecule has 0 aromatic carbocycles. The van der Waals surface area contributed by atoms with Crippen molar-refractivity contribution in [1.29, 1.82) is 0 Å². The van der Waals surface area contributed by atoms with Gasteiger partial charge in [-0.25, -0.2) is 4.98 Å². The van der Waals surface area contributed by atoms with Gasteiger partial charge in [-0.05, 0) is 0 Å². The lowest BCUT2D eigenvalue weighted by Crippen LogP contribution is -2.47. The number of oxazole rings is 1. The number of aromatic nitrogens is 1. The standard InChI is InChI=1S/C13H19N3O5/c14-9(7-17)11-15-10(8-19-11)12(18)16-3-1-13(2-4-16)20-5-6-21-13/h8-9,17H,1-7,14H2. The van der Waals surface area contributed by atoms with Crippen molar-refractivity contribution in [3.05, 3.63) is 17.8 Å². The summed E-state index contributed by atoms with van der Waals surface area (Å²) in [5.74, 6) is -0.551. The fourth-order valence-corrected chi connectivity index (χ4v) is 2.63. The van der Waals surface area contributed by atoms with E-state index in [1.54, 1.807) is 4.90 Å². The van der Waals surface area contributed by atoms with E-state index in [0.717, 1.165) is 0 Å². The first-order valence-corrected chi connectivity index (χ1v) is 7.03. The van der Waals surface area contributed by atoms with Crippen LogP contribution in [0, 0.1) is 0 Å². The summed E-state index contributed by atoms with van der Waals surface area (Å²) < 4.78 is 16.4. The van der Waals surface area contributed by atoms with Crippen molar-refractivity contribution in [1.82, 2.24) is 9.88 Å². The molecule has 0 bridgehead atoms. The maximum Gasteiger partial charge on any atom is 0.275 e. The lowest BCUT2D eigenvalue weighted by Gasteiger charge is -2.37. The van der Waals surface area contributed by atoms with Gasteiger partial charge < -0.3 is 29.6 Å². The van der Waals surface area contributed by atoms with Gasteiger partial charge in [-0.15, -0.1) is 0 Å². The number of carbonyl (C=O) groups excluding carboxylic acids is 1. The second-order valence-electron chi connectivity index (χ2n) is 5.26. The molecule has 21 heavy (non-hydrogen) atoms. The highest BCUT2D eigenvalue weighted by Crippen LogP contribution is 2.31. The van der Waals surface area contributed by atoms with E-state index in [2.05, 4.69) is 4.98 Å². The molecule has 2 saturated heterocycles. The van der Waals surface area contributed by atoms with Gasteiger partial charge in [-0.3, -0.25) is 4.79 Å². The number of amides is 1. The number of nitrogens with two attached hydrogens (primary N) is 1. The molecular weight excluding hydrogens is 278 g/mol. The van der Waals surface area contributed by atoms with E-state index in [0.29, 0.717) is 39.1 Å². The Balaban J connectivity index is 1.62. The van der Waals surface area contributed by atoms with Crippen molar-refractivity contribution in [3.8, 4) is 0 Å². The van der Waals surface area contributed by atoms with Gasteiger partial charge in [-0.2, -0.15) is 0 Å². The third-order valence-electron chi connectivity index (χ3n) is 3.88. The molecule has 3 rings (SSSR count). The molecule has 2 fully saturated rings. The zero-order valence-corrected chi connectivity index (χ0v) is 11.7. The zero-order chi connectivity index (χ0) is 14.9. The fraction of sp³-hybridized carbons (Fsp3) is 0.692. The normalized spacial score (nSPS) is 22.7. The van der Waals surface area contributed by atoms with E-state index >= 15 is 0 Å². The number of ether oxygens (including phenoxy) is 2. The Morgan fingerprint density at radius 3 is 2.71 bits per heavy atom. The fourth-order valence-electron chi connectivity index (χ4n) is 2.63. The first-order chi connectivity index (χ1) is 10.1. The summed E-state index contributed by atoms with van der Waals surface area (Å²) in [5.41, 5.74) is 5.81. The van der Waals surface area contributed by atoms with Crippen LogP contribution in [0.3, 0.4) is 0 Å². The van der Waals surface area contributed by atoms with Crippen LogP contribution >= 0.6 is 0 Å². The highest BCUT2D eigenvalue weighted by molar-refractivity contribution is 5.92. The van der Waals surface area contributed by atoms with Crippen LogP contribution in [-0.2, 0) is 9.47 Å². The maximum atomic E-state index is 12.3. The van der Waals surface area contributed by atoms with Gasteiger partial charge in [0.1, 0.15) is 12.3 Å². The first-order valence-electron chi connectivity index (χ1n) is 7.03. The van der Waals surface area contributed by atoms with E-state index < -0.39 is 11.8 Å². The SMILES string of the molecule is NC(CO)c1nc(C(=O)N2CCC3(CC2)OCCO3)co1. The number of aliphatic hydroxyl groups is 1. The Bertz CT molecular complexity index is 502. The molecular formula is C13H19N3O5. The highest BCUT2D eigenvalue weighted by atomic mass is 16.7. The Labute approximate surface area is 121 Å². The Kier molecular flexibility index (Phi) is 3.94. The molecule has 116 valence electrons. The average Bonchev–Trinajstić information content (AvgIpc) is 3.16. The molecule has 2 aliphatic rings. The molecule has 2 aliphatic heterocycles. The Morgan fingerprint density at radius 2 is 2.10 bits per heavy atom. The number of piperidine rings is 1. The number of likely N-dealkylation sites (tertiary alicyclic amines) is 1. The van der Waals surface area contributed by atoms with Crippen LogP contribution in [0.2, 0.25) is 0 Å². The predicted molar refractivity (Wildman–Crippen MR) is 70.3 cm³/mol. The van der Waals surface area contributed by atoms with Gasteiger partial charge in [0, 0.05) is 25.9 Å². The number of hydrogen-bond donors (Lipinski definition) is 2. The van der Waals surface area contributed by atoms with Gasteiger partial charge in [0.05, 0.1) is 19.8 Å². The van der Waals surface area contributed by atoms with Crippen molar-refractivity contribution in [2.24, 2.45) is 5.73 Å². The molecule has 1 atom stereocenters. The topological polar surface area (TPSA) is 111 Å². The number of carbonyl (C=O) groups is 1. The predicted octanol–water partition coefficient (Wildman–Crippen LogP) is -0.354. The summed E-state index contributed by atoms with van der Waals surface area (Å²) in [4.78, 5) is 18.1. The number of rotatable bonds is 3. The maximum absolute atomic E-state index is 12.3. The van der Waals surface area contributed by atoms with E-state index in [9.17, 15) is 4.79 Å². The summed E-state index contributed by atoms with van der Waals surface area (Å²) in [6, 6.07) is -0.712. The molecule has 1 amide bonds. The second kappa shape index (κ2) is 5.72. The van der Waals surface area contributed by atoms with E-state index in [4.69, 9.17) is 24.7 Å². The molecule has 3 heterocycles. The smallest absolute Gasteiger partial charge is 0.275 e. The Morgan fingerprint density at radius 1 is 1.43 bits per heavy atom.